The Labute approximate surface area is 180 Å². The minimum absolute atomic E-state index is 0.237. The lowest BCUT2D eigenvalue weighted by Gasteiger charge is -2.43. The van der Waals surface area contributed by atoms with Crippen molar-refractivity contribution in [3.63, 3.8) is 0 Å². The van der Waals surface area contributed by atoms with Crippen molar-refractivity contribution < 1.29 is 0 Å². The summed E-state index contributed by atoms with van der Waals surface area (Å²) in [7, 11) is 0. The molecule has 156 valence electrons. The summed E-state index contributed by atoms with van der Waals surface area (Å²) in [5.74, 6) is 2.77. The molecular weight excluding hydrogens is 394 g/mol. The van der Waals surface area contributed by atoms with Crippen LogP contribution in [0.2, 0.25) is 0 Å². The first-order chi connectivity index (χ1) is 14.7. The molecule has 2 saturated heterocycles. The van der Waals surface area contributed by atoms with Crippen LogP contribution in [-0.2, 0) is 13.1 Å². The predicted octanol–water partition coefficient (Wildman–Crippen LogP) is 3.38. The van der Waals surface area contributed by atoms with Gasteiger partial charge in [-0.3, -0.25) is 9.69 Å². The first-order valence-corrected chi connectivity index (χ1v) is 12.0. The van der Waals surface area contributed by atoms with E-state index in [2.05, 4.69) is 42.9 Å². The largest absolute Gasteiger partial charge is 0.355 e. The second-order valence-corrected chi connectivity index (χ2v) is 10.0. The minimum Gasteiger partial charge on any atom is -0.355 e. The Kier molecular flexibility index (Phi) is 4.42. The lowest BCUT2D eigenvalue weighted by atomic mass is 9.83. The van der Waals surface area contributed by atoms with Crippen molar-refractivity contribution in [1.82, 2.24) is 19.4 Å². The average molecular weight is 422 g/mol. The van der Waals surface area contributed by atoms with Crippen LogP contribution in [0.25, 0.3) is 10.2 Å². The molecule has 6 heterocycles. The molecular formula is C23H27N5OS. The molecule has 0 amide bonds. The summed E-state index contributed by atoms with van der Waals surface area (Å²) in [6.07, 6.45) is 3.68. The smallest absolute Gasteiger partial charge is 0.255 e. The number of pyridine rings is 1. The maximum absolute atomic E-state index is 13.3. The Bertz CT molecular complexity index is 1160. The highest BCUT2D eigenvalue weighted by atomic mass is 32.1. The van der Waals surface area contributed by atoms with Gasteiger partial charge < -0.3 is 9.47 Å². The molecule has 3 aromatic heterocycles. The highest BCUT2D eigenvalue weighted by molar-refractivity contribution is 7.16. The maximum Gasteiger partial charge on any atom is 0.255 e. The summed E-state index contributed by atoms with van der Waals surface area (Å²) in [5, 5.41) is 3.26. The van der Waals surface area contributed by atoms with Gasteiger partial charge in [0, 0.05) is 43.4 Å². The van der Waals surface area contributed by atoms with Crippen molar-refractivity contribution in [2.45, 2.75) is 45.2 Å². The van der Waals surface area contributed by atoms with Crippen LogP contribution in [0.5, 0.6) is 0 Å². The third-order valence-electron chi connectivity index (χ3n) is 6.99. The van der Waals surface area contributed by atoms with Crippen LogP contribution in [-0.4, -0.2) is 45.6 Å². The molecule has 0 aliphatic carbocycles. The Morgan fingerprint density at radius 1 is 1.10 bits per heavy atom. The van der Waals surface area contributed by atoms with Crippen molar-refractivity contribution in [2.24, 2.45) is 5.92 Å². The highest BCUT2D eigenvalue weighted by Gasteiger charge is 2.36. The van der Waals surface area contributed by atoms with E-state index in [9.17, 15) is 4.79 Å². The number of piperidine rings is 1. The van der Waals surface area contributed by atoms with E-state index in [1.54, 1.807) is 11.3 Å². The number of anilines is 1. The van der Waals surface area contributed by atoms with E-state index in [1.165, 1.54) is 18.5 Å². The summed E-state index contributed by atoms with van der Waals surface area (Å²) in [6.45, 7) is 7.73. The van der Waals surface area contributed by atoms with Gasteiger partial charge in [-0.1, -0.05) is 6.07 Å². The Balaban J connectivity index is 1.32. The van der Waals surface area contributed by atoms with Crippen LogP contribution >= 0.6 is 11.3 Å². The first kappa shape index (κ1) is 18.5. The molecule has 3 aliphatic heterocycles. The van der Waals surface area contributed by atoms with Gasteiger partial charge in [0.1, 0.15) is 16.5 Å². The van der Waals surface area contributed by atoms with Crippen LogP contribution < -0.4 is 10.5 Å². The second kappa shape index (κ2) is 7.17. The fourth-order valence-corrected chi connectivity index (χ4v) is 6.45. The fourth-order valence-electron chi connectivity index (χ4n) is 5.65. The normalized spacial score (nSPS) is 23.8. The van der Waals surface area contributed by atoms with Crippen LogP contribution in [0.15, 0.2) is 28.4 Å². The monoisotopic (exact) mass is 421 g/mol. The van der Waals surface area contributed by atoms with E-state index in [0.717, 1.165) is 73.1 Å². The van der Waals surface area contributed by atoms with E-state index in [4.69, 9.17) is 4.98 Å². The summed E-state index contributed by atoms with van der Waals surface area (Å²) in [6, 6.07) is 6.46. The van der Waals surface area contributed by atoms with Gasteiger partial charge in [0.2, 0.25) is 0 Å². The Morgan fingerprint density at radius 2 is 1.97 bits per heavy atom. The lowest BCUT2D eigenvalue weighted by molar-refractivity contribution is 0.277. The summed E-state index contributed by atoms with van der Waals surface area (Å²) in [5.41, 5.74) is 2.41. The summed E-state index contributed by atoms with van der Waals surface area (Å²) in [4.78, 5) is 28.6. The molecule has 0 radical (unpaired) electrons. The molecule has 0 unspecified atom stereocenters. The van der Waals surface area contributed by atoms with Gasteiger partial charge in [-0.2, -0.15) is 0 Å². The number of likely N-dealkylation sites (tertiary alicyclic amines) is 1. The average Bonchev–Trinajstić information content (AvgIpc) is 3.41. The summed E-state index contributed by atoms with van der Waals surface area (Å²) < 4.78 is 2.09. The van der Waals surface area contributed by atoms with Crippen LogP contribution in [0.4, 0.5) is 5.82 Å². The van der Waals surface area contributed by atoms with Gasteiger partial charge in [0.05, 0.1) is 5.39 Å². The van der Waals surface area contributed by atoms with Crippen molar-refractivity contribution in [1.29, 1.82) is 0 Å². The van der Waals surface area contributed by atoms with E-state index in [0.29, 0.717) is 11.8 Å². The maximum atomic E-state index is 13.3. The number of aryl methyl sites for hydroxylation is 1. The number of aromatic nitrogens is 3. The predicted molar refractivity (Wildman–Crippen MR) is 120 cm³/mol. The third kappa shape index (κ3) is 3.06. The molecule has 3 aromatic rings. The third-order valence-corrected chi connectivity index (χ3v) is 7.80. The minimum atomic E-state index is 0.237. The zero-order valence-electron chi connectivity index (χ0n) is 17.4. The van der Waals surface area contributed by atoms with Crippen molar-refractivity contribution >= 4 is 27.4 Å². The Morgan fingerprint density at radius 3 is 2.83 bits per heavy atom. The zero-order valence-corrected chi connectivity index (χ0v) is 18.2. The molecule has 2 bridgehead atoms. The van der Waals surface area contributed by atoms with E-state index in [1.807, 2.05) is 6.92 Å². The molecule has 0 aromatic carbocycles. The van der Waals surface area contributed by atoms with Gasteiger partial charge in [0.15, 0.2) is 0 Å². The molecule has 7 heteroatoms. The molecule has 0 saturated carbocycles. The molecule has 30 heavy (non-hydrogen) atoms. The SMILES string of the molecule is Cc1nc(N2C[C@@H]3C[C@H](C2)c2ccc(CN4CCCC4)c(=O)n2C3)c2ccsc2n1. The van der Waals surface area contributed by atoms with Crippen molar-refractivity contribution in [3.05, 3.63) is 51.0 Å². The van der Waals surface area contributed by atoms with E-state index in [-0.39, 0.29) is 5.56 Å². The number of rotatable bonds is 3. The molecule has 6 nitrogen and oxygen atoms in total. The molecule has 6 rings (SSSR count). The van der Waals surface area contributed by atoms with E-state index >= 15 is 0 Å². The first-order valence-electron chi connectivity index (χ1n) is 11.1. The molecule has 0 spiro atoms. The number of nitrogens with zero attached hydrogens (tertiary/aromatic N) is 5. The summed E-state index contributed by atoms with van der Waals surface area (Å²) >= 11 is 1.68. The van der Waals surface area contributed by atoms with Crippen LogP contribution in [0.1, 0.15) is 42.3 Å². The van der Waals surface area contributed by atoms with Gasteiger partial charge in [-0.25, -0.2) is 9.97 Å². The number of thiophene rings is 1. The highest BCUT2D eigenvalue weighted by Crippen LogP contribution is 2.38. The lowest BCUT2D eigenvalue weighted by Crippen LogP contribution is -2.48. The number of hydrogen-bond acceptors (Lipinski definition) is 6. The van der Waals surface area contributed by atoms with Gasteiger partial charge >= 0.3 is 0 Å². The fraction of sp³-hybridized carbons (Fsp3) is 0.522. The molecule has 2 fully saturated rings. The molecule has 0 N–H and O–H groups in total. The topological polar surface area (TPSA) is 54.3 Å². The van der Waals surface area contributed by atoms with Gasteiger partial charge in [-0.15, -0.1) is 11.3 Å². The van der Waals surface area contributed by atoms with Crippen molar-refractivity contribution in [3.8, 4) is 0 Å². The standard InChI is InChI=1S/C23H27N5OS/c1-15-24-21(19-6-9-30-22(19)25-15)27-11-16-10-18(14-27)20-5-4-17(23(29)28(20)12-16)13-26-7-2-3-8-26/h4-6,9,16,18H,2-3,7-8,10-14H2,1H3/t16-,18+/m0/s1. The second-order valence-electron chi connectivity index (χ2n) is 9.12. The van der Waals surface area contributed by atoms with Gasteiger partial charge in [-0.05, 0) is 62.7 Å². The van der Waals surface area contributed by atoms with Gasteiger partial charge in [0.25, 0.3) is 5.56 Å². The molecule has 2 atom stereocenters. The number of fused-ring (bicyclic) bond motifs is 5. The number of hydrogen-bond donors (Lipinski definition) is 0. The quantitative estimate of drug-likeness (QED) is 0.649. The molecule has 3 aliphatic rings. The van der Waals surface area contributed by atoms with E-state index < -0.39 is 0 Å². The zero-order chi connectivity index (χ0) is 20.2. The Hall–Kier alpha value is -2.25. The van der Waals surface area contributed by atoms with Crippen molar-refractivity contribution in [2.75, 3.05) is 31.1 Å². The van der Waals surface area contributed by atoms with Crippen LogP contribution in [0.3, 0.4) is 0 Å². The van der Waals surface area contributed by atoms with Crippen LogP contribution in [0, 0.1) is 12.8 Å².